The van der Waals surface area contributed by atoms with Crippen molar-refractivity contribution in [3.05, 3.63) is 35.7 Å². The van der Waals surface area contributed by atoms with E-state index in [1.165, 1.54) is 26.0 Å². The second-order valence-electron chi connectivity index (χ2n) is 7.24. The second kappa shape index (κ2) is 8.45. The van der Waals surface area contributed by atoms with Gasteiger partial charge in [-0.15, -0.1) is 13.2 Å². The summed E-state index contributed by atoms with van der Waals surface area (Å²) in [5, 5.41) is 2.61. The van der Waals surface area contributed by atoms with Crippen LogP contribution in [0.4, 0.5) is 23.4 Å². The molecular weight excluding hydrogens is 404 g/mol. The highest BCUT2D eigenvalue weighted by Gasteiger charge is 2.32. The van der Waals surface area contributed by atoms with Gasteiger partial charge in [-0.2, -0.15) is 0 Å². The Bertz CT molecular complexity index is 936. The van der Waals surface area contributed by atoms with Gasteiger partial charge in [-0.3, -0.25) is 4.79 Å². The number of alkyl halides is 4. The van der Waals surface area contributed by atoms with Crippen LogP contribution in [0.5, 0.6) is 5.75 Å². The number of carbonyl (C=O) groups excluding carboxylic acids is 1. The van der Waals surface area contributed by atoms with Crippen molar-refractivity contribution in [2.45, 2.75) is 45.8 Å². The highest BCUT2D eigenvalue weighted by molar-refractivity contribution is 5.73. The van der Waals surface area contributed by atoms with E-state index in [1.54, 1.807) is 24.0 Å². The molecule has 1 N–H and O–H groups in total. The zero-order valence-electron chi connectivity index (χ0n) is 16.8. The molecule has 1 aromatic carbocycles. The lowest BCUT2D eigenvalue weighted by molar-refractivity contribution is -0.274. The zero-order chi connectivity index (χ0) is 22.1. The quantitative estimate of drug-likeness (QED) is 0.755. The molecule has 1 aromatic heterocycles. The summed E-state index contributed by atoms with van der Waals surface area (Å²) in [6, 6.07) is 5.42. The standard InChI is InChI=1S/C20H22F4N4O2/c1-11-8-14(4-5-18(11)30-20(22,23)24)17-9-19(26-12(2)25-17)28-7-6-16(15(21)10-28)27-13(3)29/h4-5,8-9,15-16H,6-7,10H2,1-3H3,(H,27,29). The molecule has 0 saturated carbocycles. The van der Waals surface area contributed by atoms with E-state index in [0.29, 0.717) is 41.4 Å². The van der Waals surface area contributed by atoms with Crippen molar-refractivity contribution in [2.75, 3.05) is 18.0 Å². The number of nitrogens with zero attached hydrogens (tertiary/aromatic N) is 3. The Labute approximate surface area is 171 Å². The third-order valence-corrected chi connectivity index (χ3v) is 4.77. The molecule has 1 aliphatic heterocycles. The van der Waals surface area contributed by atoms with Crippen molar-refractivity contribution in [1.29, 1.82) is 0 Å². The van der Waals surface area contributed by atoms with E-state index in [9.17, 15) is 22.4 Å². The first-order valence-corrected chi connectivity index (χ1v) is 9.40. The number of amides is 1. The maximum Gasteiger partial charge on any atom is 0.573 e. The number of halogens is 4. The first kappa shape index (κ1) is 21.8. The Balaban J connectivity index is 1.82. The SMILES string of the molecule is CC(=O)NC1CCN(c2cc(-c3ccc(OC(F)(F)F)c(C)c3)nc(C)n2)CC1F. The Morgan fingerprint density at radius 3 is 2.57 bits per heavy atom. The molecule has 1 fully saturated rings. The van der Waals surface area contributed by atoms with Gasteiger partial charge in [-0.05, 0) is 44.0 Å². The normalized spacial score (nSPS) is 19.5. The fourth-order valence-corrected chi connectivity index (χ4v) is 3.45. The molecule has 1 saturated heterocycles. The Morgan fingerprint density at radius 1 is 1.23 bits per heavy atom. The van der Waals surface area contributed by atoms with Crippen molar-refractivity contribution in [3.63, 3.8) is 0 Å². The van der Waals surface area contributed by atoms with Gasteiger partial charge in [0, 0.05) is 25.1 Å². The molecule has 162 valence electrons. The zero-order valence-corrected chi connectivity index (χ0v) is 16.8. The minimum absolute atomic E-state index is 0.0677. The summed E-state index contributed by atoms with van der Waals surface area (Å²) in [6.45, 7) is 5.13. The summed E-state index contributed by atoms with van der Waals surface area (Å²) in [5.74, 6) is 0.423. The summed E-state index contributed by atoms with van der Waals surface area (Å²) in [6.07, 6.45) is -5.58. The lowest BCUT2D eigenvalue weighted by Crippen LogP contribution is -2.52. The number of piperidine rings is 1. The second-order valence-corrected chi connectivity index (χ2v) is 7.24. The van der Waals surface area contributed by atoms with Crippen LogP contribution in [0.25, 0.3) is 11.3 Å². The van der Waals surface area contributed by atoms with Gasteiger partial charge in [0.2, 0.25) is 5.91 Å². The van der Waals surface area contributed by atoms with E-state index >= 15 is 0 Å². The Hall–Kier alpha value is -2.91. The number of hydrogen-bond donors (Lipinski definition) is 1. The summed E-state index contributed by atoms with van der Waals surface area (Å²) in [7, 11) is 0. The summed E-state index contributed by atoms with van der Waals surface area (Å²) < 4.78 is 55.9. The highest BCUT2D eigenvalue weighted by Crippen LogP contribution is 2.31. The summed E-state index contributed by atoms with van der Waals surface area (Å²) in [5.41, 5.74) is 1.42. The first-order valence-electron chi connectivity index (χ1n) is 9.40. The minimum atomic E-state index is -4.77. The van der Waals surface area contributed by atoms with Crippen molar-refractivity contribution >= 4 is 11.7 Å². The minimum Gasteiger partial charge on any atom is -0.406 e. The summed E-state index contributed by atoms with van der Waals surface area (Å²) >= 11 is 0. The third-order valence-electron chi connectivity index (χ3n) is 4.77. The molecule has 2 heterocycles. The Morgan fingerprint density at radius 2 is 1.97 bits per heavy atom. The molecule has 2 atom stereocenters. The molecule has 0 bridgehead atoms. The molecule has 30 heavy (non-hydrogen) atoms. The molecule has 6 nitrogen and oxygen atoms in total. The molecule has 0 spiro atoms. The number of nitrogens with one attached hydrogen (secondary N) is 1. The number of ether oxygens (including phenoxy) is 1. The molecular formula is C20H22F4N4O2. The number of rotatable bonds is 4. The van der Waals surface area contributed by atoms with E-state index in [0.717, 1.165) is 0 Å². The number of aryl methyl sites for hydroxylation is 2. The molecule has 1 amide bonds. The van der Waals surface area contributed by atoms with E-state index in [-0.39, 0.29) is 18.2 Å². The third kappa shape index (κ3) is 5.37. The van der Waals surface area contributed by atoms with Gasteiger partial charge in [0.1, 0.15) is 23.6 Å². The van der Waals surface area contributed by atoms with Crippen LogP contribution in [0.2, 0.25) is 0 Å². The van der Waals surface area contributed by atoms with E-state index < -0.39 is 18.6 Å². The molecule has 1 aliphatic rings. The molecule has 2 aromatic rings. The van der Waals surface area contributed by atoms with Crippen LogP contribution < -0.4 is 15.0 Å². The number of aromatic nitrogens is 2. The monoisotopic (exact) mass is 426 g/mol. The number of carbonyl (C=O) groups is 1. The number of benzene rings is 1. The highest BCUT2D eigenvalue weighted by atomic mass is 19.4. The Kier molecular flexibility index (Phi) is 6.14. The van der Waals surface area contributed by atoms with Crippen LogP contribution in [0, 0.1) is 13.8 Å². The largest absolute Gasteiger partial charge is 0.573 e. The molecule has 0 radical (unpaired) electrons. The number of anilines is 1. The smallest absolute Gasteiger partial charge is 0.406 e. The van der Waals surface area contributed by atoms with E-state index in [2.05, 4.69) is 20.0 Å². The van der Waals surface area contributed by atoms with Crippen molar-refractivity contribution in [2.24, 2.45) is 0 Å². The fourth-order valence-electron chi connectivity index (χ4n) is 3.45. The maximum atomic E-state index is 14.5. The average Bonchev–Trinajstić information content (AvgIpc) is 2.63. The first-order chi connectivity index (χ1) is 14.0. The van der Waals surface area contributed by atoms with Gasteiger partial charge in [0.15, 0.2) is 0 Å². The predicted molar refractivity (Wildman–Crippen MR) is 103 cm³/mol. The molecule has 3 rings (SSSR count). The fraction of sp³-hybridized carbons (Fsp3) is 0.450. The van der Waals surface area contributed by atoms with Crippen LogP contribution in [0.3, 0.4) is 0 Å². The van der Waals surface area contributed by atoms with Crippen molar-refractivity contribution in [3.8, 4) is 17.0 Å². The van der Waals surface area contributed by atoms with Crippen LogP contribution in [0.1, 0.15) is 24.7 Å². The maximum absolute atomic E-state index is 14.5. The molecule has 10 heteroatoms. The van der Waals surface area contributed by atoms with Gasteiger partial charge in [0.25, 0.3) is 0 Å². The predicted octanol–water partition coefficient (Wildman–Crippen LogP) is 3.71. The molecule has 2 unspecified atom stereocenters. The number of hydrogen-bond acceptors (Lipinski definition) is 5. The van der Waals surface area contributed by atoms with Crippen molar-refractivity contribution in [1.82, 2.24) is 15.3 Å². The van der Waals surface area contributed by atoms with Crippen LogP contribution >= 0.6 is 0 Å². The van der Waals surface area contributed by atoms with Gasteiger partial charge in [0.05, 0.1) is 18.3 Å². The van der Waals surface area contributed by atoms with Crippen LogP contribution in [-0.2, 0) is 4.79 Å². The van der Waals surface area contributed by atoms with Gasteiger partial charge >= 0.3 is 6.36 Å². The summed E-state index contributed by atoms with van der Waals surface area (Å²) in [4.78, 5) is 21.7. The van der Waals surface area contributed by atoms with E-state index in [1.807, 2.05) is 0 Å². The van der Waals surface area contributed by atoms with Crippen LogP contribution in [0.15, 0.2) is 24.3 Å². The van der Waals surface area contributed by atoms with Crippen molar-refractivity contribution < 1.29 is 27.1 Å². The average molecular weight is 426 g/mol. The lowest BCUT2D eigenvalue weighted by Gasteiger charge is -2.35. The lowest BCUT2D eigenvalue weighted by atomic mass is 10.0. The van der Waals surface area contributed by atoms with Gasteiger partial charge < -0.3 is 15.0 Å². The van der Waals surface area contributed by atoms with E-state index in [4.69, 9.17) is 0 Å². The van der Waals surface area contributed by atoms with Gasteiger partial charge in [-0.25, -0.2) is 14.4 Å². The van der Waals surface area contributed by atoms with Crippen LogP contribution in [-0.4, -0.2) is 47.5 Å². The molecule has 0 aliphatic carbocycles. The van der Waals surface area contributed by atoms with Gasteiger partial charge in [-0.1, -0.05) is 0 Å². The topological polar surface area (TPSA) is 67.4 Å².